The average molecular weight is 546 g/mol. The van der Waals surface area contributed by atoms with Gasteiger partial charge in [-0.3, -0.25) is 9.59 Å². The zero-order valence-electron chi connectivity index (χ0n) is 22.5. The molecule has 10 heteroatoms. The summed E-state index contributed by atoms with van der Waals surface area (Å²) in [5.74, 6) is 0.544. The Hall–Kier alpha value is -3.63. The number of benzene rings is 2. The SMILES string of the molecule is O=C(N[C@@H](CCCN[C@@H]1C[C@H]1c1ccc(F)cc1)C(=O)N1CCC2CNC(C2)C1)c1ccc(-n2ccnn2)cc1. The molecule has 40 heavy (non-hydrogen) atoms. The van der Waals surface area contributed by atoms with E-state index in [1.54, 1.807) is 29.2 Å². The Morgan fingerprint density at radius 1 is 1.10 bits per heavy atom. The number of hydrogen-bond acceptors (Lipinski definition) is 6. The zero-order chi connectivity index (χ0) is 27.5. The van der Waals surface area contributed by atoms with E-state index < -0.39 is 6.04 Å². The van der Waals surface area contributed by atoms with Crippen molar-refractivity contribution in [2.45, 2.75) is 56.1 Å². The molecular weight excluding hydrogens is 509 g/mol. The van der Waals surface area contributed by atoms with Gasteiger partial charge in [-0.15, -0.1) is 5.10 Å². The molecule has 3 fully saturated rings. The largest absolute Gasteiger partial charge is 0.340 e. The Morgan fingerprint density at radius 2 is 1.93 bits per heavy atom. The van der Waals surface area contributed by atoms with Gasteiger partial charge in [-0.05, 0) is 93.1 Å². The van der Waals surface area contributed by atoms with Crippen molar-refractivity contribution in [2.75, 3.05) is 26.2 Å². The normalized spacial score (nSPS) is 24.4. The molecule has 0 radical (unpaired) electrons. The van der Waals surface area contributed by atoms with Gasteiger partial charge in [-0.2, -0.15) is 0 Å². The number of halogens is 1. The Kier molecular flexibility index (Phi) is 7.88. The lowest BCUT2D eigenvalue weighted by Gasteiger charge is -2.30. The Morgan fingerprint density at radius 3 is 2.70 bits per heavy atom. The maximum atomic E-state index is 13.7. The summed E-state index contributed by atoms with van der Waals surface area (Å²) in [4.78, 5) is 28.9. The van der Waals surface area contributed by atoms with Crippen LogP contribution in [0.15, 0.2) is 60.9 Å². The molecule has 0 spiro atoms. The van der Waals surface area contributed by atoms with E-state index in [4.69, 9.17) is 0 Å². The molecule has 1 aromatic heterocycles. The van der Waals surface area contributed by atoms with E-state index in [2.05, 4.69) is 26.3 Å². The Bertz CT molecular complexity index is 1300. The van der Waals surface area contributed by atoms with Gasteiger partial charge in [0.2, 0.25) is 5.91 Å². The van der Waals surface area contributed by atoms with Crippen molar-refractivity contribution in [3.05, 3.63) is 77.9 Å². The van der Waals surface area contributed by atoms with Crippen LogP contribution < -0.4 is 16.0 Å². The van der Waals surface area contributed by atoms with Gasteiger partial charge in [0, 0.05) is 36.7 Å². The van der Waals surface area contributed by atoms with E-state index in [9.17, 15) is 14.0 Å². The van der Waals surface area contributed by atoms with Crippen LogP contribution in [-0.4, -0.2) is 76.0 Å². The van der Waals surface area contributed by atoms with Gasteiger partial charge in [-0.25, -0.2) is 9.07 Å². The summed E-state index contributed by atoms with van der Waals surface area (Å²) in [6, 6.07) is 13.9. The Balaban J connectivity index is 1.07. The lowest BCUT2D eigenvalue weighted by atomic mass is 10.0. The number of fused-ring (bicyclic) bond motifs is 2. The standard InChI is InChI=1S/C30H36FN7O2/c31-23-7-3-21(4-8-23)26-17-28(26)32-12-1-2-27(30(40)37-14-11-20-16-24(19-37)33-18-20)35-29(39)22-5-9-25(10-6-22)38-15-13-34-36-38/h3-10,13,15,20,24,26-28,32-33H,1-2,11-12,14,16-19H2,(H,35,39)/t20?,24?,26-,27-,28+/m0/s1. The summed E-state index contributed by atoms with van der Waals surface area (Å²) in [6.45, 7) is 3.21. The highest BCUT2D eigenvalue weighted by molar-refractivity contribution is 5.97. The first-order valence-electron chi connectivity index (χ1n) is 14.3. The first-order chi connectivity index (χ1) is 19.5. The second-order valence-corrected chi connectivity index (χ2v) is 11.3. The van der Waals surface area contributed by atoms with Crippen LogP contribution in [0.25, 0.3) is 5.69 Å². The molecule has 5 atom stereocenters. The first-order valence-corrected chi connectivity index (χ1v) is 14.3. The zero-order valence-corrected chi connectivity index (χ0v) is 22.5. The van der Waals surface area contributed by atoms with E-state index in [-0.39, 0.29) is 17.6 Å². The minimum atomic E-state index is -0.590. The van der Waals surface area contributed by atoms with Crippen molar-refractivity contribution < 1.29 is 14.0 Å². The highest BCUT2D eigenvalue weighted by Gasteiger charge is 2.38. The molecule has 3 aliphatic rings. The maximum Gasteiger partial charge on any atom is 0.251 e. The van der Waals surface area contributed by atoms with Crippen molar-refractivity contribution in [1.29, 1.82) is 0 Å². The molecule has 2 aliphatic heterocycles. The summed E-state index contributed by atoms with van der Waals surface area (Å²) in [6.07, 6.45) is 7.78. The van der Waals surface area contributed by atoms with Gasteiger partial charge in [0.25, 0.3) is 5.91 Å². The molecule has 3 N–H and O–H groups in total. The van der Waals surface area contributed by atoms with Gasteiger partial charge in [0.05, 0.1) is 18.1 Å². The minimum absolute atomic E-state index is 0.00227. The number of carbonyl (C=O) groups is 2. The number of carbonyl (C=O) groups excluding carboxylic acids is 2. The predicted octanol–water partition coefficient (Wildman–Crippen LogP) is 2.64. The molecule has 2 saturated heterocycles. The molecule has 6 rings (SSSR count). The highest BCUT2D eigenvalue weighted by Crippen LogP contribution is 2.40. The molecule has 210 valence electrons. The van der Waals surface area contributed by atoms with E-state index in [0.29, 0.717) is 42.4 Å². The number of nitrogens with zero attached hydrogens (tertiary/aromatic N) is 4. The van der Waals surface area contributed by atoms with Crippen LogP contribution >= 0.6 is 0 Å². The number of aromatic nitrogens is 3. The third-order valence-corrected chi connectivity index (χ3v) is 8.46. The summed E-state index contributed by atoms with van der Waals surface area (Å²) in [5.41, 5.74) is 2.45. The number of nitrogens with one attached hydrogen (secondary N) is 3. The fraction of sp³-hybridized carbons (Fsp3) is 0.467. The van der Waals surface area contributed by atoms with E-state index in [0.717, 1.165) is 56.6 Å². The van der Waals surface area contributed by atoms with Crippen molar-refractivity contribution in [2.24, 2.45) is 5.92 Å². The second kappa shape index (κ2) is 11.9. The van der Waals surface area contributed by atoms with Crippen molar-refractivity contribution in [1.82, 2.24) is 35.8 Å². The van der Waals surface area contributed by atoms with E-state index in [1.165, 1.54) is 12.1 Å². The molecule has 3 heterocycles. The monoisotopic (exact) mass is 545 g/mol. The average Bonchev–Trinajstić information content (AvgIpc) is 3.34. The summed E-state index contributed by atoms with van der Waals surface area (Å²) in [5, 5.41) is 18.0. The molecule has 2 bridgehead atoms. The topological polar surface area (TPSA) is 104 Å². The molecular formula is C30H36FN7O2. The third-order valence-electron chi connectivity index (χ3n) is 8.46. The molecule has 3 aromatic rings. The lowest BCUT2D eigenvalue weighted by molar-refractivity contribution is -0.133. The smallest absolute Gasteiger partial charge is 0.251 e. The quantitative estimate of drug-likeness (QED) is 0.339. The minimum Gasteiger partial charge on any atom is -0.340 e. The first kappa shape index (κ1) is 26.6. The molecule has 1 saturated carbocycles. The molecule has 2 aromatic carbocycles. The summed E-state index contributed by atoms with van der Waals surface area (Å²) >= 11 is 0. The fourth-order valence-corrected chi connectivity index (χ4v) is 6.08. The van der Waals surface area contributed by atoms with Gasteiger partial charge in [0.1, 0.15) is 11.9 Å². The van der Waals surface area contributed by atoms with Crippen LogP contribution in [0.1, 0.15) is 53.9 Å². The van der Waals surface area contributed by atoms with E-state index >= 15 is 0 Å². The van der Waals surface area contributed by atoms with Gasteiger partial charge >= 0.3 is 0 Å². The number of rotatable bonds is 10. The molecule has 2 amide bonds. The second-order valence-electron chi connectivity index (χ2n) is 11.3. The fourth-order valence-electron chi connectivity index (χ4n) is 6.08. The van der Waals surface area contributed by atoms with Gasteiger partial charge < -0.3 is 20.9 Å². The predicted molar refractivity (Wildman–Crippen MR) is 148 cm³/mol. The summed E-state index contributed by atoms with van der Waals surface area (Å²) in [7, 11) is 0. The van der Waals surface area contributed by atoms with E-state index in [1.807, 2.05) is 29.2 Å². The van der Waals surface area contributed by atoms with Crippen molar-refractivity contribution in [3.63, 3.8) is 0 Å². The van der Waals surface area contributed by atoms with Crippen LogP contribution in [0.2, 0.25) is 0 Å². The Labute approximate surface area is 233 Å². The number of hydrogen-bond donors (Lipinski definition) is 3. The number of amides is 2. The molecule has 2 unspecified atom stereocenters. The number of likely N-dealkylation sites (tertiary alicyclic amines) is 1. The maximum absolute atomic E-state index is 13.7. The van der Waals surface area contributed by atoms with Crippen LogP contribution in [0.5, 0.6) is 0 Å². The molecule has 1 aliphatic carbocycles. The van der Waals surface area contributed by atoms with Gasteiger partial charge in [0.15, 0.2) is 0 Å². The molecule has 9 nitrogen and oxygen atoms in total. The van der Waals surface area contributed by atoms with Crippen molar-refractivity contribution >= 4 is 11.8 Å². The highest BCUT2D eigenvalue weighted by atomic mass is 19.1. The van der Waals surface area contributed by atoms with Gasteiger partial charge in [-0.1, -0.05) is 17.3 Å². The van der Waals surface area contributed by atoms with Crippen LogP contribution in [0.4, 0.5) is 4.39 Å². The lowest BCUT2D eigenvalue weighted by Crippen LogP contribution is -2.51. The van der Waals surface area contributed by atoms with Crippen LogP contribution in [0, 0.1) is 11.7 Å². The van der Waals surface area contributed by atoms with Crippen molar-refractivity contribution in [3.8, 4) is 5.69 Å². The third kappa shape index (κ3) is 6.23. The van der Waals surface area contributed by atoms with Crippen LogP contribution in [0.3, 0.4) is 0 Å². The van der Waals surface area contributed by atoms with Crippen LogP contribution in [-0.2, 0) is 4.79 Å². The summed E-state index contributed by atoms with van der Waals surface area (Å²) < 4.78 is 14.9.